The van der Waals surface area contributed by atoms with Gasteiger partial charge in [-0.25, -0.2) is 0 Å². The minimum atomic E-state index is -5.14. The van der Waals surface area contributed by atoms with Crippen LogP contribution in [0.2, 0.25) is 0 Å². The molecule has 0 amide bonds. The number of carboxylic acids is 1. The van der Waals surface area contributed by atoms with Gasteiger partial charge in [0.2, 0.25) is 0 Å². The van der Waals surface area contributed by atoms with Gasteiger partial charge in [0.05, 0.1) is 7.82 Å². The fraction of sp³-hybridized carbons (Fsp3) is 0.333. The van der Waals surface area contributed by atoms with Crippen LogP contribution in [-0.4, -0.2) is 50.4 Å². The van der Waals surface area contributed by atoms with E-state index < -0.39 is 29.0 Å². The predicted molar refractivity (Wildman–Crippen MR) is 43.2 cm³/mol. The molecule has 22 heavy (non-hydrogen) atoms. The molecule has 0 radical (unpaired) electrons. The van der Waals surface area contributed by atoms with Crippen LogP contribution < -0.4 is 138 Å². The van der Waals surface area contributed by atoms with Gasteiger partial charge in [-0.15, -0.1) is 0 Å². The Labute approximate surface area is 214 Å². The Hall–Kier alpha value is 2.91. The second-order valence-electron chi connectivity index (χ2n) is 1.84. The third-order valence-electron chi connectivity index (χ3n) is 0. The molecular weight excluding hydrogens is 395 g/mol. The van der Waals surface area contributed by atoms with Crippen LogP contribution in [0, 0.1) is 0 Å². The number of hydrogen-bond donors (Lipinski definition) is 6. The van der Waals surface area contributed by atoms with Crippen LogP contribution in [0.25, 0.3) is 0 Å². The molecule has 0 bridgehead atoms. The zero-order chi connectivity index (χ0) is 16.2. The molecule has 0 saturated carbocycles. The van der Waals surface area contributed by atoms with E-state index in [-0.39, 0.29) is 118 Å². The van der Waals surface area contributed by atoms with Crippen molar-refractivity contribution >= 4 is 29.0 Å². The van der Waals surface area contributed by atoms with E-state index in [0.717, 1.165) is 6.92 Å². The minimum Gasteiger partial charge on any atom is -0.790 e. The van der Waals surface area contributed by atoms with Crippen LogP contribution >= 0.6 is 7.82 Å². The minimum absolute atomic E-state index is 0. The van der Waals surface area contributed by atoms with E-state index >= 15 is 0 Å². The van der Waals surface area contributed by atoms with Gasteiger partial charge in [-0.3, -0.25) is 4.79 Å². The number of aliphatic carboxylic acids is 1. The van der Waals surface area contributed by atoms with Crippen molar-refractivity contribution < 1.29 is 182 Å². The van der Waals surface area contributed by atoms with E-state index in [1.165, 1.54) is 0 Å². The van der Waals surface area contributed by atoms with Gasteiger partial charge >= 0.3 is 127 Å². The van der Waals surface area contributed by atoms with Crippen molar-refractivity contribution in [1.29, 1.82) is 0 Å². The van der Waals surface area contributed by atoms with Crippen molar-refractivity contribution in [2.45, 2.75) is 6.92 Å². The molecule has 0 aromatic heterocycles. The Kier molecular flexibility index (Phi) is 65.0. The number of carbonyl (C=O) groups excluding carboxylic acids is 1. The van der Waals surface area contributed by atoms with E-state index in [9.17, 15) is 0 Å². The summed E-state index contributed by atoms with van der Waals surface area (Å²) in [5.41, 5.74) is 0. The number of carbonyl (C=O) groups is 2. The molecule has 13 nitrogen and oxygen atoms in total. The number of phosphoric acid groups is 1. The Bertz CT molecular complexity index is 243. The summed E-state index contributed by atoms with van der Waals surface area (Å²) in [5, 5.41) is 24.1. The van der Waals surface area contributed by atoms with Crippen LogP contribution in [-0.2, 0) is 9.36 Å². The second-order valence-corrected chi connectivity index (χ2v) is 3.97. The van der Waals surface area contributed by atoms with Gasteiger partial charge in [-0.1, -0.05) is 0 Å². The summed E-state index contributed by atoms with van der Waals surface area (Å²) in [4.78, 5) is 70.9. The molecule has 0 spiro atoms. The molecule has 0 aliphatic heterocycles. The van der Waals surface area contributed by atoms with Crippen molar-refractivity contribution in [3.8, 4) is 0 Å². The van der Waals surface area contributed by atoms with E-state index in [2.05, 4.69) is 0 Å². The zero-order valence-electron chi connectivity index (χ0n) is 12.5. The number of hydrogen-bond acceptors (Lipinski definition) is 11. The topological polar surface area (TPSA) is 265 Å². The summed E-state index contributed by atoms with van der Waals surface area (Å²) in [6, 6.07) is 0. The molecule has 0 fully saturated rings. The summed E-state index contributed by atoms with van der Waals surface area (Å²) in [6.45, 7) is 1.08. The molecule has 0 saturated heterocycles. The van der Waals surface area contributed by atoms with Gasteiger partial charge in [0, 0.05) is 6.92 Å². The van der Waals surface area contributed by atoms with Crippen molar-refractivity contribution in [3.05, 3.63) is 0 Å². The van der Waals surface area contributed by atoms with Crippen LogP contribution in [0.5, 0.6) is 0 Å². The third kappa shape index (κ3) is 1300. The van der Waals surface area contributed by atoms with Gasteiger partial charge < -0.3 is 58.5 Å². The van der Waals surface area contributed by atoms with E-state index in [1.807, 2.05) is 0 Å². The normalized spacial score (nSPS) is 7.64. The summed E-state index contributed by atoms with van der Waals surface area (Å²) in [7, 11) is -9.75. The van der Waals surface area contributed by atoms with Crippen molar-refractivity contribution in [2.75, 3.05) is 0 Å². The van der Waals surface area contributed by atoms with Gasteiger partial charge in [-0.2, -0.15) is 0 Å². The smallest absolute Gasteiger partial charge is 0.790 e. The maximum atomic E-state index is 9.00. The molecule has 0 unspecified atom stereocenters. The molecule has 0 atom stereocenters. The second kappa shape index (κ2) is 28.7. The Morgan fingerprint density at radius 3 is 0.909 bits per heavy atom. The van der Waals surface area contributed by atoms with Crippen LogP contribution in [0.1, 0.15) is 6.92 Å². The van der Waals surface area contributed by atoms with Crippen molar-refractivity contribution in [2.24, 2.45) is 0 Å². The number of carboxylic acid groups (broad SMARTS) is 3. The van der Waals surface area contributed by atoms with Crippen molar-refractivity contribution in [1.82, 2.24) is 0 Å². The Balaban J connectivity index is -0.0000000188. The fourth-order valence-corrected chi connectivity index (χ4v) is 0. The first-order valence-corrected chi connectivity index (χ1v) is 6.47. The summed E-state index contributed by atoms with van der Waals surface area (Å²) in [5.74, 6) is -0.833. The van der Waals surface area contributed by atoms with E-state index in [0.29, 0.717) is 0 Å². The maximum Gasteiger partial charge on any atom is 1.00 e. The molecule has 0 aromatic rings. The van der Waals surface area contributed by atoms with Gasteiger partial charge in [0.15, 0.2) is 0 Å². The fourth-order valence-electron chi connectivity index (χ4n) is 0. The monoisotopic (exact) mass is 404 g/mol. The molecule has 0 aromatic carbocycles. The molecule has 0 aliphatic rings. The SMILES string of the molecule is CC(=O)O.O=C([O-])[O-].O=P([O-])([O-])O.O[Si](O)(O)O.[Na+].[Na+].[Na+].[Na+]. The van der Waals surface area contributed by atoms with Gasteiger partial charge in [0.25, 0.3) is 5.97 Å². The molecule has 0 heterocycles. The van der Waals surface area contributed by atoms with E-state index in [4.69, 9.17) is 63.3 Å². The summed E-state index contributed by atoms with van der Waals surface area (Å²) in [6.07, 6.45) is -2.33. The van der Waals surface area contributed by atoms with Crippen molar-refractivity contribution in [3.63, 3.8) is 0 Å². The molecule has 6 N–H and O–H groups in total. The van der Waals surface area contributed by atoms with Crippen LogP contribution in [0.15, 0.2) is 0 Å². The first-order valence-electron chi connectivity index (χ1n) is 3.18. The Morgan fingerprint density at radius 2 is 0.909 bits per heavy atom. The average molecular weight is 404 g/mol. The van der Waals surface area contributed by atoms with Gasteiger partial charge in [0.1, 0.15) is 0 Å². The molecule has 112 valence electrons. The number of rotatable bonds is 0. The largest absolute Gasteiger partial charge is 1.00 e. The van der Waals surface area contributed by atoms with Crippen LogP contribution in [0.4, 0.5) is 4.79 Å². The van der Waals surface area contributed by atoms with Gasteiger partial charge in [-0.05, 0) is 6.16 Å². The first-order chi connectivity index (χ1) is 7.46. The standard InChI is InChI=1S/C2H4O2.CH2O3.4Na.H3O4P.H4O4Si/c1-2(3)4;2-1(3)4;;;;;2*1-5(2,3)4/h1H3,(H,3,4);(H2,2,3,4);;;;;(H3,1,2,3,4);1-4H/q;;4*+1;;/p-4. The van der Waals surface area contributed by atoms with E-state index in [1.54, 1.807) is 0 Å². The molecule has 19 heteroatoms. The maximum absolute atomic E-state index is 9.00. The quantitative estimate of drug-likeness (QED) is 0.162. The first kappa shape index (κ1) is 49.8. The molecule has 0 aliphatic carbocycles. The predicted octanol–water partition coefficient (Wildman–Crippen LogP) is -19.1. The average Bonchev–Trinajstić information content (AvgIpc) is 1.70. The van der Waals surface area contributed by atoms with Crippen LogP contribution in [0.3, 0.4) is 0 Å². The summed E-state index contributed by atoms with van der Waals surface area (Å²) >= 11 is 0. The molecule has 0 rings (SSSR count). The summed E-state index contributed by atoms with van der Waals surface area (Å²) < 4.78 is 8.66. The third-order valence-corrected chi connectivity index (χ3v) is 0. The zero-order valence-corrected chi connectivity index (χ0v) is 22.4. The molecular formula is C3H9Na4O13PSi. The Morgan fingerprint density at radius 1 is 0.909 bits per heavy atom.